The Kier molecular flexibility index (Phi) is 6.26. The third kappa shape index (κ3) is 4.42. The number of hydrogen-bond donors (Lipinski definition) is 1. The molecule has 26 heavy (non-hydrogen) atoms. The van der Waals surface area contributed by atoms with Gasteiger partial charge < -0.3 is 5.11 Å². The summed E-state index contributed by atoms with van der Waals surface area (Å²) in [7, 11) is 0. The highest BCUT2D eigenvalue weighted by Crippen LogP contribution is 2.38. The topological polar surface area (TPSA) is 37.3 Å². The largest absolute Gasteiger partial charge is 0.385 e. The van der Waals surface area contributed by atoms with Crippen LogP contribution in [0.2, 0.25) is 0 Å². The molecule has 1 saturated carbocycles. The van der Waals surface area contributed by atoms with Crippen molar-refractivity contribution in [2.75, 3.05) is 0 Å². The van der Waals surface area contributed by atoms with Crippen LogP contribution in [0, 0.1) is 5.92 Å². The molecule has 3 rings (SSSR count). The predicted molar refractivity (Wildman–Crippen MR) is 107 cm³/mol. The average Bonchev–Trinajstić information content (AvgIpc) is 2.68. The first kappa shape index (κ1) is 18.8. The zero-order chi connectivity index (χ0) is 18.5. The van der Waals surface area contributed by atoms with Crippen molar-refractivity contribution in [1.82, 2.24) is 0 Å². The van der Waals surface area contributed by atoms with Gasteiger partial charge in [-0.15, -0.1) is 0 Å². The van der Waals surface area contributed by atoms with E-state index < -0.39 is 6.10 Å². The summed E-state index contributed by atoms with van der Waals surface area (Å²) in [5.74, 6) is 1.42. The van der Waals surface area contributed by atoms with Crippen LogP contribution in [-0.2, 0) is 0 Å². The lowest BCUT2D eigenvalue weighted by Gasteiger charge is -2.28. The second kappa shape index (κ2) is 8.64. The summed E-state index contributed by atoms with van der Waals surface area (Å²) in [6, 6.07) is 16.4. The minimum atomic E-state index is -0.951. The number of benzene rings is 2. The minimum Gasteiger partial charge on any atom is -0.385 e. The van der Waals surface area contributed by atoms with Gasteiger partial charge in [-0.05, 0) is 61.1 Å². The van der Waals surface area contributed by atoms with Crippen molar-refractivity contribution >= 4 is 5.78 Å². The van der Waals surface area contributed by atoms with Gasteiger partial charge in [0.15, 0.2) is 5.78 Å². The molecule has 1 fully saturated rings. The molecule has 0 unspecified atom stereocenters. The smallest absolute Gasteiger partial charge is 0.190 e. The van der Waals surface area contributed by atoms with Gasteiger partial charge in [-0.1, -0.05) is 68.3 Å². The Hall–Kier alpha value is -1.93. The molecule has 1 aliphatic carbocycles. The maximum atomic E-state index is 11.8. The molecule has 0 amide bonds. The Labute approximate surface area is 157 Å². The van der Waals surface area contributed by atoms with Crippen molar-refractivity contribution in [1.29, 1.82) is 0 Å². The first-order valence-electron chi connectivity index (χ1n) is 10.0. The number of Topliss-reactive ketones (excluding diaryl/α,β-unsaturated/α-hetero) is 1. The van der Waals surface area contributed by atoms with E-state index in [1.807, 2.05) is 12.1 Å². The number of carbonyl (C=O) groups is 1. The quantitative estimate of drug-likeness (QED) is 0.650. The third-order valence-electron chi connectivity index (χ3n) is 5.81. The van der Waals surface area contributed by atoms with Crippen LogP contribution in [0.3, 0.4) is 0 Å². The third-order valence-corrected chi connectivity index (χ3v) is 5.81. The van der Waals surface area contributed by atoms with Crippen molar-refractivity contribution in [2.45, 2.75) is 64.4 Å². The summed E-state index contributed by atoms with van der Waals surface area (Å²) in [4.78, 5) is 11.8. The second-order valence-corrected chi connectivity index (χ2v) is 7.75. The van der Waals surface area contributed by atoms with Gasteiger partial charge in [0, 0.05) is 5.56 Å². The molecule has 2 nitrogen and oxygen atoms in total. The van der Waals surface area contributed by atoms with Crippen molar-refractivity contribution in [3.63, 3.8) is 0 Å². The molecule has 0 spiro atoms. The molecule has 0 aromatic heterocycles. The van der Waals surface area contributed by atoms with E-state index in [0.717, 1.165) is 11.5 Å². The number of ketones is 1. The van der Waals surface area contributed by atoms with Gasteiger partial charge in [-0.2, -0.15) is 0 Å². The first-order valence-corrected chi connectivity index (χ1v) is 10.0. The van der Waals surface area contributed by atoms with Crippen molar-refractivity contribution < 1.29 is 9.90 Å². The van der Waals surface area contributed by atoms with Gasteiger partial charge in [0.25, 0.3) is 0 Å². The van der Waals surface area contributed by atoms with E-state index in [2.05, 4.69) is 31.2 Å². The van der Waals surface area contributed by atoms with E-state index >= 15 is 0 Å². The molecule has 0 heterocycles. The van der Waals surface area contributed by atoms with Crippen LogP contribution in [-0.4, -0.2) is 17.0 Å². The zero-order valence-electron chi connectivity index (χ0n) is 15.9. The van der Waals surface area contributed by atoms with E-state index in [-0.39, 0.29) is 5.78 Å². The predicted octanol–water partition coefficient (Wildman–Crippen LogP) is 5.99. The fourth-order valence-corrected chi connectivity index (χ4v) is 4.21. The molecule has 1 atom stereocenters. The Morgan fingerprint density at radius 1 is 0.962 bits per heavy atom. The van der Waals surface area contributed by atoms with Crippen LogP contribution in [0.25, 0.3) is 11.1 Å². The zero-order valence-corrected chi connectivity index (χ0v) is 15.9. The van der Waals surface area contributed by atoms with Crippen molar-refractivity contribution in [3.05, 3.63) is 59.7 Å². The van der Waals surface area contributed by atoms with Gasteiger partial charge in [0.2, 0.25) is 0 Å². The summed E-state index contributed by atoms with van der Waals surface area (Å²) in [5.41, 5.74) is 4.30. The molecule has 0 bridgehead atoms. The van der Waals surface area contributed by atoms with Crippen molar-refractivity contribution in [3.8, 4) is 11.1 Å². The van der Waals surface area contributed by atoms with Gasteiger partial charge in [-0.25, -0.2) is 0 Å². The average molecular weight is 351 g/mol. The Bertz CT molecular complexity index is 705. The van der Waals surface area contributed by atoms with E-state index in [1.165, 1.54) is 56.6 Å². The lowest BCUT2D eigenvalue weighted by Crippen LogP contribution is -2.15. The Morgan fingerprint density at radius 2 is 1.50 bits per heavy atom. The summed E-state index contributed by atoms with van der Waals surface area (Å²) in [6.45, 7) is 3.79. The molecule has 2 heteroatoms. The molecule has 0 aliphatic heterocycles. The highest BCUT2D eigenvalue weighted by molar-refractivity contribution is 5.99. The molecule has 2 aromatic carbocycles. The highest BCUT2D eigenvalue weighted by Gasteiger charge is 2.21. The fraction of sp³-hybridized carbons (Fsp3) is 0.458. The molecular formula is C24H30O2. The Balaban J connectivity index is 1.65. The van der Waals surface area contributed by atoms with Crippen LogP contribution < -0.4 is 0 Å². The number of aliphatic hydroxyl groups is 1. The number of aliphatic hydroxyl groups excluding tert-OH is 1. The number of rotatable bonds is 6. The molecular weight excluding hydrogens is 320 g/mol. The second-order valence-electron chi connectivity index (χ2n) is 7.75. The minimum absolute atomic E-state index is 0.231. The van der Waals surface area contributed by atoms with Gasteiger partial charge in [0.1, 0.15) is 6.10 Å². The number of hydrogen-bond acceptors (Lipinski definition) is 2. The van der Waals surface area contributed by atoms with Crippen LogP contribution in [0.4, 0.5) is 0 Å². The standard InChI is InChI=1S/C24H30O2/c1-3-4-18-5-7-19(8-6-18)20-9-11-21(12-10-20)22-13-15-23(16-14-22)24(26)17(2)25/h9-19,25H,3-8H2,1-2H3/t17-,18?,19?/m1/s1. The molecule has 1 aliphatic rings. The van der Waals surface area contributed by atoms with Gasteiger partial charge in [-0.3, -0.25) is 4.79 Å². The van der Waals surface area contributed by atoms with Gasteiger partial charge >= 0.3 is 0 Å². The first-order chi connectivity index (χ1) is 12.6. The van der Waals surface area contributed by atoms with E-state index in [4.69, 9.17) is 0 Å². The summed E-state index contributed by atoms with van der Waals surface area (Å²) < 4.78 is 0. The lowest BCUT2D eigenvalue weighted by molar-refractivity contribution is 0.0779. The normalized spacial score (nSPS) is 21.3. The molecule has 1 N–H and O–H groups in total. The highest BCUT2D eigenvalue weighted by atomic mass is 16.3. The van der Waals surface area contributed by atoms with E-state index in [1.54, 1.807) is 12.1 Å². The van der Waals surface area contributed by atoms with Crippen LogP contribution in [0.15, 0.2) is 48.5 Å². The summed E-state index contributed by atoms with van der Waals surface area (Å²) in [6.07, 6.45) is 7.14. The van der Waals surface area contributed by atoms with Gasteiger partial charge in [0.05, 0.1) is 0 Å². The summed E-state index contributed by atoms with van der Waals surface area (Å²) >= 11 is 0. The van der Waals surface area contributed by atoms with E-state index in [0.29, 0.717) is 11.5 Å². The fourth-order valence-electron chi connectivity index (χ4n) is 4.21. The maximum absolute atomic E-state index is 11.8. The van der Waals surface area contributed by atoms with Crippen LogP contribution in [0.1, 0.15) is 74.2 Å². The molecule has 2 aromatic rings. The lowest BCUT2D eigenvalue weighted by atomic mass is 9.77. The van der Waals surface area contributed by atoms with Crippen LogP contribution in [0.5, 0.6) is 0 Å². The van der Waals surface area contributed by atoms with Crippen molar-refractivity contribution in [2.24, 2.45) is 5.92 Å². The molecule has 138 valence electrons. The number of carbonyl (C=O) groups excluding carboxylic acids is 1. The summed E-state index contributed by atoms with van der Waals surface area (Å²) in [5, 5.41) is 9.41. The SMILES string of the molecule is CCCC1CCC(c2ccc(-c3ccc(C(=O)[C@@H](C)O)cc3)cc2)CC1. The maximum Gasteiger partial charge on any atom is 0.190 e. The van der Waals surface area contributed by atoms with E-state index in [9.17, 15) is 9.90 Å². The Morgan fingerprint density at radius 3 is 2.00 bits per heavy atom. The molecule has 0 saturated heterocycles. The molecule has 0 radical (unpaired) electrons. The van der Waals surface area contributed by atoms with Crippen LogP contribution >= 0.6 is 0 Å². The monoisotopic (exact) mass is 350 g/mol.